The summed E-state index contributed by atoms with van der Waals surface area (Å²) in [6.45, 7) is 2.34. The van der Waals surface area contributed by atoms with Crippen LogP contribution in [0.1, 0.15) is 22.8 Å². The maximum atomic E-state index is 12.3. The van der Waals surface area contributed by atoms with Crippen LogP contribution in [0.25, 0.3) is 16.3 Å². The van der Waals surface area contributed by atoms with E-state index >= 15 is 0 Å². The van der Waals surface area contributed by atoms with E-state index in [2.05, 4.69) is 10.9 Å². The van der Waals surface area contributed by atoms with Crippen molar-refractivity contribution in [1.29, 1.82) is 0 Å². The van der Waals surface area contributed by atoms with Gasteiger partial charge in [-0.05, 0) is 36.8 Å². The van der Waals surface area contributed by atoms with E-state index in [0.717, 1.165) is 15.8 Å². The number of hydrogen-bond acceptors (Lipinski definition) is 4. The quantitative estimate of drug-likeness (QED) is 0.380. The Balaban J connectivity index is 1.99. The van der Waals surface area contributed by atoms with Gasteiger partial charge >= 0.3 is 5.97 Å². The van der Waals surface area contributed by atoms with Crippen LogP contribution in [-0.4, -0.2) is 23.1 Å². The monoisotopic (exact) mass is 390 g/mol. The van der Waals surface area contributed by atoms with Gasteiger partial charge < -0.3 is 9.30 Å². The highest BCUT2D eigenvalue weighted by Gasteiger charge is 2.11. The van der Waals surface area contributed by atoms with Crippen molar-refractivity contribution in [3.63, 3.8) is 0 Å². The largest absolute Gasteiger partial charge is 0.462 e. The first-order valence-corrected chi connectivity index (χ1v) is 9.50. The Morgan fingerprint density at radius 1 is 1.25 bits per heavy atom. The van der Waals surface area contributed by atoms with Gasteiger partial charge in [-0.15, -0.1) is 6.42 Å². The second-order valence-corrected chi connectivity index (χ2v) is 6.78. The molecule has 0 saturated heterocycles. The molecule has 0 saturated carbocycles. The molecule has 5 nitrogen and oxygen atoms in total. The summed E-state index contributed by atoms with van der Waals surface area (Å²) in [5, 5.41) is 0. The Morgan fingerprint density at radius 2 is 2.04 bits per heavy atom. The number of amides is 1. The Labute approximate surface area is 166 Å². The van der Waals surface area contributed by atoms with Crippen molar-refractivity contribution in [2.45, 2.75) is 13.5 Å². The van der Waals surface area contributed by atoms with Crippen molar-refractivity contribution in [3.8, 4) is 12.3 Å². The number of carbonyl (C=O) groups excluding carboxylic acids is 2. The number of rotatable bonds is 5. The number of esters is 1. The molecule has 1 amide bonds. The summed E-state index contributed by atoms with van der Waals surface area (Å²) in [5.41, 5.74) is 2.18. The normalized spacial score (nSPS) is 11.6. The van der Waals surface area contributed by atoms with Crippen LogP contribution >= 0.6 is 11.3 Å². The average Bonchev–Trinajstić information content (AvgIpc) is 3.04. The first-order chi connectivity index (χ1) is 13.6. The fourth-order valence-corrected chi connectivity index (χ4v) is 3.68. The Hall–Kier alpha value is -3.43. The molecule has 140 valence electrons. The van der Waals surface area contributed by atoms with E-state index in [9.17, 15) is 9.59 Å². The summed E-state index contributed by atoms with van der Waals surface area (Å²) < 4.78 is 7.63. The van der Waals surface area contributed by atoms with Crippen molar-refractivity contribution in [2.75, 3.05) is 6.61 Å². The van der Waals surface area contributed by atoms with Gasteiger partial charge in [-0.25, -0.2) is 4.79 Å². The third-order valence-corrected chi connectivity index (χ3v) is 4.91. The predicted molar refractivity (Wildman–Crippen MR) is 111 cm³/mol. The summed E-state index contributed by atoms with van der Waals surface area (Å²) >= 11 is 1.30. The molecule has 0 aliphatic rings. The van der Waals surface area contributed by atoms with Gasteiger partial charge in [0.25, 0.3) is 5.91 Å². The molecular formula is C22H18N2O3S. The zero-order valence-electron chi connectivity index (χ0n) is 15.3. The summed E-state index contributed by atoms with van der Waals surface area (Å²) in [5.74, 6) is 1.81. The molecule has 0 N–H and O–H groups in total. The zero-order valence-corrected chi connectivity index (χ0v) is 16.1. The fourth-order valence-electron chi connectivity index (χ4n) is 2.61. The minimum absolute atomic E-state index is 0.271. The SMILES string of the molecule is C#CCn1c(=NC(=O)/C=C/c2ccccc2)sc2cc(C(=O)OCC)ccc21. The van der Waals surface area contributed by atoms with Crippen LogP contribution in [0.4, 0.5) is 0 Å². The molecule has 1 aromatic heterocycles. The molecule has 0 aliphatic heterocycles. The van der Waals surface area contributed by atoms with Gasteiger partial charge in [0.2, 0.25) is 0 Å². The van der Waals surface area contributed by atoms with Crippen LogP contribution in [0.15, 0.2) is 59.6 Å². The van der Waals surface area contributed by atoms with Gasteiger partial charge in [-0.3, -0.25) is 4.79 Å². The number of thiazole rings is 1. The fraction of sp³-hybridized carbons (Fsp3) is 0.136. The maximum absolute atomic E-state index is 12.3. The number of hydrogen-bond donors (Lipinski definition) is 0. The van der Waals surface area contributed by atoms with E-state index in [0.29, 0.717) is 17.0 Å². The van der Waals surface area contributed by atoms with Crippen LogP contribution in [0.5, 0.6) is 0 Å². The molecule has 1 heterocycles. The molecule has 0 radical (unpaired) electrons. The summed E-state index contributed by atoms with van der Waals surface area (Å²) in [6.07, 6.45) is 8.61. The van der Waals surface area contributed by atoms with Crippen molar-refractivity contribution in [2.24, 2.45) is 4.99 Å². The molecular weight excluding hydrogens is 372 g/mol. The molecule has 0 fully saturated rings. The van der Waals surface area contributed by atoms with Crippen LogP contribution in [0.3, 0.4) is 0 Å². The highest BCUT2D eigenvalue weighted by atomic mass is 32.1. The predicted octanol–water partition coefficient (Wildman–Crippen LogP) is 3.65. The van der Waals surface area contributed by atoms with Gasteiger partial charge in [0.15, 0.2) is 4.80 Å². The van der Waals surface area contributed by atoms with E-state index in [1.165, 1.54) is 17.4 Å². The minimum Gasteiger partial charge on any atom is -0.462 e. The second kappa shape index (κ2) is 8.98. The number of fused-ring (bicyclic) bond motifs is 1. The van der Waals surface area contributed by atoms with Crippen molar-refractivity contribution in [3.05, 3.63) is 70.5 Å². The molecule has 6 heteroatoms. The number of nitrogens with zero attached hydrogens (tertiary/aromatic N) is 2. The summed E-state index contributed by atoms with van der Waals surface area (Å²) in [6, 6.07) is 14.7. The van der Waals surface area contributed by atoms with E-state index in [-0.39, 0.29) is 18.4 Å². The molecule has 3 rings (SSSR count). The minimum atomic E-state index is -0.387. The van der Waals surface area contributed by atoms with E-state index in [1.54, 1.807) is 35.8 Å². The molecule has 0 atom stereocenters. The first kappa shape index (κ1) is 19.3. The van der Waals surface area contributed by atoms with Gasteiger partial charge in [0, 0.05) is 6.08 Å². The topological polar surface area (TPSA) is 60.7 Å². The molecule has 0 bridgehead atoms. The lowest BCUT2D eigenvalue weighted by Gasteiger charge is -2.02. The number of benzene rings is 2. The van der Waals surface area contributed by atoms with Crippen LogP contribution in [-0.2, 0) is 16.1 Å². The lowest BCUT2D eigenvalue weighted by Crippen LogP contribution is -2.15. The molecule has 3 aromatic rings. The molecule has 0 spiro atoms. The van der Waals surface area contributed by atoms with Crippen molar-refractivity contribution in [1.82, 2.24) is 4.57 Å². The number of terminal acetylenes is 1. The maximum Gasteiger partial charge on any atom is 0.338 e. The Morgan fingerprint density at radius 3 is 2.75 bits per heavy atom. The van der Waals surface area contributed by atoms with Gasteiger partial charge in [0.1, 0.15) is 0 Å². The lowest BCUT2D eigenvalue weighted by atomic mass is 10.2. The smallest absolute Gasteiger partial charge is 0.338 e. The average molecular weight is 390 g/mol. The summed E-state index contributed by atoms with van der Waals surface area (Å²) in [4.78, 5) is 28.9. The van der Waals surface area contributed by atoms with Crippen molar-refractivity contribution < 1.29 is 14.3 Å². The third-order valence-electron chi connectivity index (χ3n) is 3.87. The molecule has 2 aromatic carbocycles. The molecule has 0 unspecified atom stereocenters. The third kappa shape index (κ3) is 4.45. The zero-order chi connectivity index (χ0) is 19.9. The number of ether oxygens (including phenoxy) is 1. The van der Waals surface area contributed by atoms with Crippen molar-refractivity contribution >= 4 is 39.5 Å². The first-order valence-electron chi connectivity index (χ1n) is 8.68. The Kier molecular flexibility index (Phi) is 6.20. The standard InChI is InChI=1S/C22H18N2O3S/c1-3-14-24-18-12-11-17(21(26)27-4-2)15-19(18)28-22(24)23-20(25)13-10-16-8-6-5-7-9-16/h1,5-13,15H,4,14H2,2H3/b13-10+,23-22?. The van der Waals surface area contributed by atoms with E-state index in [4.69, 9.17) is 11.2 Å². The second-order valence-electron chi connectivity index (χ2n) is 5.77. The van der Waals surface area contributed by atoms with E-state index < -0.39 is 0 Å². The van der Waals surface area contributed by atoms with Gasteiger partial charge in [-0.1, -0.05) is 47.6 Å². The van der Waals surface area contributed by atoms with Crippen LogP contribution in [0.2, 0.25) is 0 Å². The van der Waals surface area contributed by atoms with Gasteiger partial charge in [0.05, 0.1) is 28.9 Å². The lowest BCUT2D eigenvalue weighted by molar-refractivity contribution is -0.113. The molecule has 0 aliphatic carbocycles. The number of aromatic nitrogens is 1. The Bertz CT molecular complexity index is 1150. The highest BCUT2D eigenvalue weighted by molar-refractivity contribution is 7.16. The van der Waals surface area contributed by atoms with Gasteiger partial charge in [-0.2, -0.15) is 4.99 Å². The highest BCUT2D eigenvalue weighted by Crippen LogP contribution is 2.20. The van der Waals surface area contributed by atoms with E-state index in [1.807, 2.05) is 30.3 Å². The molecule has 28 heavy (non-hydrogen) atoms. The van der Waals surface area contributed by atoms with Crippen LogP contribution in [0, 0.1) is 12.3 Å². The summed E-state index contributed by atoms with van der Waals surface area (Å²) in [7, 11) is 0. The van der Waals surface area contributed by atoms with Crippen LogP contribution < -0.4 is 4.80 Å². The number of carbonyl (C=O) groups is 2.